The Bertz CT molecular complexity index is 632. The number of thiocarbonyl (C=S) groups is 1. The summed E-state index contributed by atoms with van der Waals surface area (Å²) in [5.74, 6) is 0. The van der Waals surface area contributed by atoms with Crippen molar-refractivity contribution in [2.45, 2.75) is 40.0 Å². The lowest BCUT2D eigenvalue weighted by Crippen LogP contribution is -2.19. The van der Waals surface area contributed by atoms with Crippen LogP contribution in [0.3, 0.4) is 0 Å². The molecular formula is C19H24N2S. The smallest absolute Gasteiger partial charge is 0.175 e. The number of anilines is 2. The number of rotatable bonds is 5. The highest BCUT2D eigenvalue weighted by Crippen LogP contribution is 2.18. The number of hydrogen-bond donors (Lipinski definition) is 2. The molecule has 22 heavy (non-hydrogen) atoms. The lowest BCUT2D eigenvalue weighted by Gasteiger charge is -2.14. The van der Waals surface area contributed by atoms with Crippen molar-refractivity contribution >= 4 is 28.7 Å². The van der Waals surface area contributed by atoms with Crippen molar-refractivity contribution in [3.63, 3.8) is 0 Å². The number of nitrogens with one attached hydrogen (secondary N) is 2. The molecule has 0 heterocycles. The van der Waals surface area contributed by atoms with Crippen molar-refractivity contribution in [2.24, 2.45) is 0 Å². The van der Waals surface area contributed by atoms with Gasteiger partial charge >= 0.3 is 0 Å². The van der Waals surface area contributed by atoms with Gasteiger partial charge in [-0.2, -0.15) is 0 Å². The second-order valence-electron chi connectivity index (χ2n) is 5.63. The average Bonchev–Trinajstić information content (AvgIpc) is 2.51. The third kappa shape index (κ3) is 4.57. The summed E-state index contributed by atoms with van der Waals surface area (Å²) in [4.78, 5) is 0. The predicted octanol–water partition coefficient (Wildman–Crippen LogP) is 5.45. The van der Waals surface area contributed by atoms with Crippen molar-refractivity contribution in [3.8, 4) is 0 Å². The molecule has 0 amide bonds. The molecule has 0 saturated carbocycles. The van der Waals surface area contributed by atoms with E-state index in [1.54, 1.807) is 0 Å². The maximum atomic E-state index is 5.40. The van der Waals surface area contributed by atoms with Gasteiger partial charge in [0.05, 0.1) is 0 Å². The molecule has 0 aliphatic carbocycles. The minimum Gasteiger partial charge on any atom is -0.332 e. The summed E-state index contributed by atoms with van der Waals surface area (Å²) < 4.78 is 0. The molecule has 0 aromatic heterocycles. The van der Waals surface area contributed by atoms with E-state index in [2.05, 4.69) is 61.7 Å². The van der Waals surface area contributed by atoms with E-state index in [0.29, 0.717) is 5.11 Å². The Balaban J connectivity index is 1.95. The maximum Gasteiger partial charge on any atom is 0.175 e. The summed E-state index contributed by atoms with van der Waals surface area (Å²) in [6.45, 7) is 6.42. The molecule has 0 atom stereocenters. The predicted molar refractivity (Wildman–Crippen MR) is 101 cm³/mol. The highest BCUT2D eigenvalue weighted by molar-refractivity contribution is 7.80. The van der Waals surface area contributed by atoms with Crippen LogP contribution in [0, 0.1) is 13.8 Å². The Kier molecular flexibility index (Phi) is 5.96. The molecule has 2 aromatic rings. The quantitative estimate of drug-likeness (QED) is 0.717. The zero-order valence-corrected chi connectivity index (χ0v) is 14.4. The zero-order valence-electron chi connectivity index (χ0n) is 13.6. The molecule has 0 aliphatic heterocycles. The van der Waals surface area contributed by atoms with Crippen LogP contribution in [0.25, 0.3) is 0 Å². The van der Waals surface area contributed by atoms with Crippen LogP contribution in [-0.2, 0) is 6.42 Å². The summed E-state index contributed by atoms with van der Waals surface area (Å²) in [5, 5.41) is 7.13. The molecule has 3 heteroatoms. The van der Waals surface area contributed by atoms with E-state index >= 15 is 0 Å². The molecule has 2 rings (SSSR count). The first-order chi connectivity index (χ1) is 10.6. The molecule has 0 fully saturated rings. The Labute approximate surface area is 139 Å². The molecule has 116 valence electrons. The SMILES string of the molecule is CCCCc1ccc(NC(=S)Nc2cccc(C)c2C)cc1. The fourth-order valence-electron chi connectivity index (χ4n) is 2.31. The number of benzene rings is 2. The summed E-state index contributed by atoms with van der Waals surface area (Å²) in [6, 6.07) is 14.7. The van der Waals surface area contributed by atoms with Crippen LogP contribution < -0.4 is 10.6 Å². The molecule has 2 aromatic carbocycles. The van der Waals surface area contributed by atoms with E-state index in [9.17, 15) is 0 Å². The largest absolute Gasteiger partial charge is 0.332 e. The van der Waals surface area contributed by atoms with Gasteiger partial charge in [-0.3, -0.25) is 0 Å². The van der Waals surface area contributed by atoms with Crippen molar-refractivity contribution in [2.75, 3.05) is 10.6 Å². The fourth-order valence-corrected chi connectivity index (χ4v) is 2.53. The molecule has 2 nitrogen and oxygen atoms in total. The molecule has 0 aliphatic rings. The lowest BCUT2D eigenvalue weighted by molar-refractivity contribution is 0.795. The highest BCUT2D eigenvalue weighted by Gasteiger charge is 2.03. The van der Waals surface area contributed by atoms with Crippen LogP contribution in [0.1, 0.15) is 36.5 Å². The van der Waals surface area contributed by atoms with E-state index < -0.39 is 0 Å². The topological polar surface area (TPSA) is 24.1 Å². The van der Waals surface area contributed by atoms with Crippen molar-refractivity contribution in [1.29, 1.82) is 0 Å². The van der Waals surface area contributed by atoms with Gasteiger partial charge in [0.2, 0.25) is 0 Å². The van der Waals surface area contributed by atoms with Crippen LogP contribution >= 0.6 is 12.2 Å². The first-order valence-corrected chi connectivity index (χ1v) is 8.24. The monoisotopic (exact) mass is 312 g/mol. The molecule has 0 unspecified atom stereocenters. The van der Waals surface area contributed by atoms with E-state index in [0.717, 1.165) is 17.8 Å². The van der Waals surface area contributed by atoms with Gasteiger partial charge in [-0.25, -0.2) is 0 Å². The van der Waals surface area contributed by atoms with Crippen LogP contribution in [0.4, 0.5) is 11.4 Å². The third-order valence-corrected chi connectivity index (χ3v) is 4.09. The van der Waals surface area contributed by atoms with Crippen LogP contribution in [0.5, 0.6) is 0 Å². The summed E-state index contributed by atoms with van der Waals surface area (Å²) in [7, 11) is 0. The average molecular weight is 312 g/mol. The molecule has 0 bridgehead atoms. The van der Waals surface area contributed by atoms with E-state index in [4.69, 9.17) is 12.2 Å². The fraction of sp³-hybridized carbons (Fsp3) is 0.316. The maximum absolute atomic E-state index is 5.40. The third-order valence-electron chi connectivity index (χ3n) is 3.88. The van der Waals surface area contributed by atoms with E-state index in [1.165, 1.54) is 29.5 Å². The van der Waals surface area contributed by atoms with Crippen LogP contribution in [0.15, 0.2) is 42.5 Å². The Morgan fingerprint density at radius 3 is 2.41 bits per heavy atom. The number of hydrogen-bond acceptors (Lipinski definition) is 1. The molecule has 0 spiro atoms. The van der Waals surface area contributed by atoms with Gasteiger partial charge in [0.1, 0.15) is 0 Å². The van der Waals surface area contributed by atoms with Crippen LogP contribution in [0.2, 0.25) is 0 Å². The standard InChI is InChI=1S/C19H24N2S/c1-4-5-8-16-10-12-17(13-11-16)20-19(22)21-18-9-6-7-14(2)15(18)3/h6-7,9-13H,4-5,8H2,1-3H3,(H2,20,21,22). The Hall–Kier alpha value is -1.87. The normalized spacial score (nSPS) is 10.3. The van der Waals surface area contributed by atoms with Crippen LogP contribution in [-0.4, -0.2) is 5.11 Å². The van der Waals surface area contributed by atoms with E-state index in [1.807, 2.05) is 12.1 Å². The first-order valence-electron chi connectivity index (χ1n) is 7.83. The second kappa shape index (κ2) is 7.95. The lowest BCUT2D eigenvalue weighted by atomic mass is 10.1. The van der Waals surface area contributed by atoms with Crippen molar-refractivity contribution < 1.29 is 0 Å². The number of unbranched alkanes of at least 4 members (excludes halogenated alkanes) is 1. The minimum absolute atomic E-state index is 0.620. The molecule has 0 radical (unpaired) electrons. The molecular weight excluding hydrogens is 288 g/mol. The summed E-state index contributed by atoms with van der Waals surface area (Å²) in [5.41, 5.74) is 5.93. The minimum atomic E-state index is 0.620. The Morgan fingerprint density at radius 1 is 1.00 bits per heavy atom. The van der Waals surface area contributed by atoms with Gasteiger partial charge in [-0.05, 0) is 73.8 Å². The van der Waals surface area contributed by atoms with Gasteiger partial charge in [-0.1, -0.05) is 37.6 Å². The van der Waals surface area contributed by atoms with Gasteiger partial charge in [0, 0.05) is 11.4 Å². The second-order valence-corrected chi connectivity index (χ2v) is 6.04. The molecule has 2 N–H and O–H groups in total. The van der Waals surface area contributed by atoms with Gasteiger partial charge < -0.3 is 10.6 Å². The highest BCUT2D eigenvalue weighted by atomic mass is 32.1. The van der Waals surface area contributed by atoms with E-state index in [-0.39, 0.29) is 0 Å². The summed E-state index contributed by atoms with van der Waals surface area (Å²) in [6.07, 6.45) is 3.60. The summed E-state index contributed by atoms with van der Waals surface area (Å²) >= 11 is 5.40. The number of aryl methyl sites for hydroxylation is 2. The zero-order chi connectivity index (χ0) is 15.9. The van der Waals surface area contributed by atoms with Gasteiger partial charge in [0.25, 0.3) is 0 Å². The first kappa shape index (κ1) is 16.5. The van der Waals surface area contributed by atoms with Crippen molar-refractivity contribution in [1.82, 2.24) is 0 Å². The van der Waals surface area contributed by atoms with Gasteiger partial charge in [-0.15, -0.1) is 0 Å². The van der Waals surface area contributed by atoms with Crippen molar-refractivity contribution in [3.05, 3.63) is 59.2 Å². The Morgan fingerprint density at radius 2 is 1.73 bits per heavy atom. The molecule has 0 saturated heterocycles. The van der Waals surface area contributed by atoms with Gasteiger partial charge in [0.15, 0.2) is 5.11 Å².